The van der Waals surface area contributed by atoms with Crippen molar-refractivity contribution in [2.24, 2.45) is 0 Å². The standard InChI is InChI=1S/C23H30N2O3/c1-6-16(2)24-22(27)19-9-7-8-10-20(19)25-21(26)15-28-18-13-11-17(12-14-18)23(3,4)5/h7-14,16H,6,15H2,1-5H3,(H,24,27)(H,25,26). The number of para-hydroxylation sites is 1. The Bertz CT molecular complexity index is 807. The van der Waals surface area contributed by atoms with Gasteiger partial charge in [-0.1, -0.05) is 52.0 Å². The van der Waals surface area contributed by atoms with Crippen LogP contribution in [0.3, 0.4) is 0 Å². The highest BCUT2D eigenvalue weighted by molar-refractivity contribution is 6.04. The number of benzene rings is 2. The van der Waals surface area contributed by atoms with Gasteiger partial charge in [0.15, 0.2) is 6.61 Å². The molecule has 0 aliphatic rings. The highest BCUT2D eigenvalue weighted by Crippen LogP contribution is 2.24. The van der Waals surface area contributed by atoms with Gasteiger partial charge in [-0.25, -0.2) is 0 Å². The molecule has 1 atom stereocenters. The molecule has 0 aliphatic heterocycles. The number of rotatable bonds is 7. The van der Waals surface area contributed by atoms with Crippen molar-refractivity contribution in [2.45, 2.75) is 52.5 Å². The van der Waals surface area contributed by atoms with Crippen molar-refractivity contribution in [1.29, 1.82) is 0 Å². The average molecular weight is 383 g/mol. The number of hydrogen-bond donors (Lipinski definition) is 2. The normalized spacial score (nSPS) is 12.2. The number of nitrogens with one attached hydrogen (secondary N) is 2. The Balaban J connectivity index is 1.97. The van der Waals surface area contributed by atoms with E-state index >= 15 is 0 Å². The predicted molar refractivity (Wildman–Crippen MR) is 113 cm³/mol. The molecule has 2 aromatic carbocycles. The predicted octanol–water partition coefficient (Wildman–Crippen LogP) is 4.53. The van der Waals surface area contributed by atoms with Gasteiger partial charge in [-0.2, -0.15) is 0 Å². The Labute approximate surface area is 167 Å². The molecule has 0 spiro atoms. The Morgan fingerprint density at radius 1 is 1.04 bits per heavy atom. The SMILES string of the molecule is CCC(C)NC(=O)c1ccccc1NC(=O)COc1ccc(C(C)(C)C)cc1. The molecule has 2 rings (SSSR count). The van der Waals surface area contributed by atoms with Crippen molar-refractivity contribution in [3.63, 3.8) is 0 Å². The van der Waals surface area contributed by atoms with Crippen LogP contribution in [-0.4, -0.2) is 24.5 Å². The maximum atomic E-state index is 12.4. The fourth-order valence-electron chi connectivity index (χ4n) is 2.58. The van der Waals surface area contributed by atoms with Crippen LogP contribution in [0, 0.1) is 0 Å². The third kappa shape index (κ3) is 6.12. The number of amides is 2. The fourth-order valence-corrected chi connectivity index (χ4v) is 2.58. The van der Waals surface area contributed by atoms with Crippen molar-refractivity contribution < 1.29 is 14.3 Å². The van der Waals surface area contributed by atoms with Crippen LogP contribution in [0.25, 0.3) is 0 Å². The number of anilines is 1. The lowest BCUT2D eigenvalue weighted by molar-refractivity contribution is -0.118. The Morgan fingerprint density at radius 2 is 1.68 bits per heavy atom. The molecule has 0 bridgehead atoms. The number of ether oxygens (including phenoxy) is 1. The summed E-state index contributed by atoms with van der Waals surface area (Å²) < 4.78 is 5.58. The van der Waals surface area contributed by atoms with E-state index in [0.29, 0.717) is 17.0 Å². The first-order valence-electron chi connectivity index (χ1n) is 9.63. The molecule has 2 amide bonds. The van der Waals surface area contributed by atoms with Gasteiger partial charge < -0.3 is 15.4 Å². The van der Waals surface area contributed by atoms with Crippen molar-refractivity contribution in [1.82, 2.24) is 5.32 Å². The second-order valence-corrected chi connectivity index (χ2v) is 7.94. The molecule has 0 heterocycles. The summed E-state index contributed by atoms with van der Waals surface area (Å²) in [5.41, 5.74) is 2.17. The van der Waals surface area contributed by atoms with Gasteiger partial charge in [0, 0.05) is 6.04 Å². The van der Waals surface area contributed by atoms with E-state index in [4.69, 9.17) is 4.74 Å². The monoisotopic (exact) mass is 382 g/mol. The van der Waals surface area contributed by atoms with Crippen LogP contribution in [0.5, 0.6) is 5.75 Å². The van der Waals surface area contributed by atoms with E-state index < -0.39 is 0 Å². The van der Waals surface area contributed by atoms with Gasteiger partial charge in [-0.15, -0.1) is 0 Å². The molecule has 1 unspecified atom stereocenters. The topological polar surface area (TPSA) is 67.4 Å². The highest BCUT2D eigenvalue weighted by atomic mass is 16.5. The lowest BCUT2D eigenvalue weighted by Gasteiger charge is -2.19. The molecule has 0 radical (unpaired) electrons. The van der Waals surface area contributed by atoms with Crippen molar-refractivity contribution in [3.05, 3.63) is 59.7 Å². The zero-order valence-corrected chi connectivity index (χ0v) is 17.3. The van der Waals surface area contributed by atoms with Crippen LogP contribution in [0.1, 0.15) is 57.0 Å². The summed E-state index contributed by atoms with van der Waals surface area (Å²) in [7, 11) is 0. The summed E-state index contributed by atoms with van der Waals surface area (Å²) >= 11 is 0. The zero-order chi connectivity index (χ0) is 20.7. The molecule has 0 fully saturated rings. The maximum absolute atomic E-state index is 12.4. The van der Waals surface area contributed by atoms with Crippen LogP contribution in [0.4, 0.5) is 5.69 Å². The lowest BCUT2D eigenvalue weighted by Crippen LogP contribution is -2.33. The molecule has 2 aromatic rings. The van der Waals surface area contributed by atoms with Crippen LogP contribution >= 0.6 is 0 Å². The molecule has 5 heteroatoms. The molecule has 2 N–H and O–H groups in total. The first-order chi connectivity index (χ1) is 13.2. The summed E-state index contributed by atoms with van der Waals surface area (Å²) in [5, 5.41) is 5.68. The van der Waals surface area contributed by atoms with Gasteiger partial charge in [-0.3, -0.25) is 9.59 Å². The second-order valence-electron chi connectivity index (χ2n) is 7.94. The molecule has 150 valence electrons. The van der Waals surface area contributed by atoms with Crippen molar-refractivity contribution in [3.8, 4) is 5.75 Å². The molecule has 0 saturated carbocycles. The van der Waals surface area contributed by atoms with Crippen LogP contribution in [-0.2, 0) is 10.2 Å². The molecule has 5 nitrogen and oxygen atoms in total. The molecular formula is C23H30N2O3. The maximum Gasteiger partial charge on any atom is 0.262 e. The Morgan fingerprint density at radius 3 is 2.29 bits per heavy atom. The van der Waals surface area contributed by atoms with Gasteiger partial charge in [0.25, 0.3) is 11.8 Å². The number of carbonyl (C=O) groups is 2. The minimum Gasteiger partial charge on any atom is -0.484 e. The van der Waals surface area contributed by atoms with E-state index in [1.807, 2.05) is 38.1 Å². The molecule has 0 aliphatic carbocycles. The van der Waals surface area contributed by atoms with Crippen LogP contribution in [0.2, 0.25) is 0 Å². The summed E-state index contributed by atoms with van der Waals surface area (Å²) in [6.07, 6.45) is 0.835. The van der Waals surface area contributed by atoms with Gasteiger partial charge in [-0.05, 0) is 48.6 Å². The van der Waals surface area contributed by atoms with E-state index in [1.54, 1.807) is 24.3 Å². The molecule has 0 aromatic heterocycles. The third-order valence-corrected chi connectivity index (χ3v) is 4.53. The summed E-state index contributed by atoms with van der Waals surface area (Å²) in [6, 6.07) is 14.7. The minimum absolute atomic E-state index is 0.0649. The first-order valence-corrected chi connectivity index (χ1v) is 9.63. The van der Waals surface area contributed by atoms with Gasteiger partial charge in [0.2, 0.25) is 0 Å². The molecular weight excluding hydrogens is 352 g/mol. The Hall–Kier alpha value is -2.82. The highest BCUT2D eigenvalue weighted by Gasteiger charge is 2.15. The Kier molecular flexibility index (Phi) is 7.21. The number of hydrogen-bond acceptors (Lipinski definition) is 3. The van der Waals surface area contributed by atoms with Gasteiger partial charge >= 0.3 is 0 Å². The van der Waals surface area contributed by atoms with Crippen LogP contribution < -0.4 is 15.4 Å². The largest absolute Gasteiger partial charge is 0.484 e. The average Bonchev–Trinajstić information content (AvgIpc) is 2.66. The van der Waals surface area contributed by atoms with E-state index in [-0.39, 0.29) is 29.9 Å². The zero-order valence-electron chi connectivity index (χ0n) is 17.3. The summed E-state index contributed by atoms with van der Waals surface area (Å²) in [5.74, 6) is 0.110. The third-order valence-electron chi connectivity index (χ3n) is 4.53. The fraction of sp³-hybridized carbons (Fsp3) is 0.391. The first kappa shape index (κ1) is 21.5. The smallest absolute Gasteiger partial charge is 0.262 e. The van der Waals surface area contributed by atoms with Gasteiger partial charge in [0.1, 0.15) is 5.75 Å². The van der Waals surface area contributed by atoms with E-state index in [0.717, 1.165) is 6.42 Å². The second kappa shape index (κ2) is 9.40. The van der Waals surface area contributed by atoms with Crippen molar-refractivity contribution >= 4 is 17.5 Å². The van der Waals surface area contributed by atoms with E-state index in [1.165, 1.54) is 5.56 Å². The van der Waals surface area contributed by atoms with E-state index in [2.05, 4.69) is 31.4 Å². The minimum atomic E-state index is -0.316. The van der Waals surface area contributed by atoms with Crippen LogP contribution in [0.15, 0.2) is 48.5 Å². The van der Waals surface area contributed by atoms with Crippen molar-refractivity contribution in [2.75, 3.05) is 11.9 Å². The quantitative estimate of drug-likeness (QED) is 0.739. The summed E-state index contributed by atoms with van der Waals surface area (Å²) in [6.45, 7) is 10.2. The van der Waals surface area contributed by atoms with E-state index in [9.17, 15) is 9.59 Å². The summed E-state index contributed by atoms with van der Waals surface area (Å²) in [4.78, 5) is 24.7. The van der Waals surface area contributed by atoms with Gasteiger partial charge in [0.05, 0.1) is 11.3 Å². The lowest BCUT2D eigenvalue weighted by atomic mass is 9.87. The molecule has 0 saturated heterocycles. The number of carbonyl (C=O) groups excluding carboxylic acids is 2. The molecule has 28 heavy (non-hydrogen) atoms.